The fraction of sp³-hybridized carbons (Fsp3) is 0. The zero-order valence-corrected chi connectivity index (χ0v) is 15.6. The molecule has 2 N–H and O–H groups in total. The van der Waals surface area contributed by atoms with E-state index in [4.69, 9.17) is 10.2 Å². The minimum absolute atomic E-state index is 0.273. The lowest BCUT2D eigenvalue weighted by Crippen LogP contribution is -1.99. The Balaban J connectivity index is 1.61. The normalized spacial score (nSPS) is 11.3. The Kier molecular flexibility index (Phi) is 4.60. The van der Waals surface area contributed by atoms with Crippen molar-refractivity contribution in [3.8, 4) is 22.6 Å². The smallest absolute Gasteiger partial charge is 0.221 e. The molecule has 27 heavy (non-hydrogen) atoms. The second kappa shape index (κ2) is 7.20. The monoisotopic (exact) mass is 424 g/mol. The summed E-state index contributed by atoms with van der Waals surface area (Å²) in [4.78, 5) is 4.14. The third-order valence-corrected chi connectivity index (χ3v) is 4.49. The van der Waals surface area contributed by atoms with Gasteiger partial charge < -0.3 is 10.2 Å². The van der Waals surface area contributed by atoms with Gasteiger partial charge in [-0.2, -0.15) is 9.78 Å². The number of hydrogen-bond acceptors (Lipinski definition) is 4. The molecule has 0 saturated carbocycles. The van der Waals surface area contributed by atoms with Gasteiger partial charge in [0.15, 0.2) is 0 Å². The van der Waals surface area contributed by atoms with Gasteiger partial charge in [0.05, 0.1) is 18.1 Å². The van der Waals surface area contributed by atoms with Gasteiger partial charge in [0.1, 0.15) is 17.3 Å². The van der Waals surface area contributed by atoms with Crippen molar-refractivity contribution in [1.82, 2.24) is 9.66 Å². The van der Waals surface area contributed by atoms with Gasteiger partial charge in [-0.25, -0.2) is 9.37 Å². The summed E-state index contributed by atoms with van der Waals surface area (Å²) in [6, 6.07) is 17.5. The molecule has 0 aliphatic carbocycles. The van der Waals surface area contributed by atoms with E-state index in [1.54, 1.807) is 35.3 Å². The van der Waals surface area contributed by atoms with E-state index < -0.39 is 0 Å². The summed E-state index contributed by atoms with van der Waals surface area (Å²) < 4.78 is 21.3. The number of nitrogens with two attached hydrogens (primary N) is 1. The van der Waals surface area contributed by atoms with Gasteiger partial charge in [-0.1, -0.05) is 28.1 Å². The van der Waals surface area contributed by atoms with E-state index in [9.17, 15) is 4.39 Å². The molecule has 7 heteroatoms. The first kappa shape index (κ1) is 17.2. The SMILES string of the molecule is Nc1ncc(-c2ccc(Br)cc2)n1N=Cc1ccc(-c2ccc(F)cc2)o1. The Morgan fingerprint density at radius 3 is 2.44 bits per heavy atom. The predicted molar refractivity (Wildman–Crippen MR) is 107 cm³/mol. The predicted octanol–water partition coefficient (Wildman–Crippen LogP) is 5.18. The lowest BCUT2D eigenvalue weighted by molar-refractivity contribution is 0.573. The first-order chi connectivity index (χ1) is 13.1. The molecule has 2 aromatic heterocycles. The van der Waals surface area contributed by atoms with Crippen molar-refractivity contribution in [3.63, 3.8) is 0 Å². The second-order valence-corrected chi connectivity index (χ2v) is 6.69. The fourth-order valence-corrected chi connectivity index (χ4v) is 2.87. The van der Waals surface area contributed by atoms with E-state index in [-0.39, 0.29) is 11.8 Å². The molecule has 2 aromatic carbocycles. The number of hydrogen-bond donors (Lipinski definition) is 1. The van der Waals surface area contributed by atoms with Gasteiger partial charge in [0.2, 0.25) is 5.95 Å². The molecule has 0 spiro atoms. The third-order valence-electron chi connectivity index (χ3n) is 3.96. The lowest BCUT2D eigenvalue weighted by Gasteiger charge is -2.04. The van der Waals surface area contributed by atoms with Crippen LogP contribution in [0.2, 0.25) is 0 Å². The van der Waals surface area contributed by atoms with E-state index in [2.05, 4.69) is 26.0 Å². The molecule has 0 fully saturated rings. The summed E-state index contributed by atoms with van der Waals surface area (Å²) in [5, 5.41) is 4.39. The van der Waals surface area contributed by atoms with Crippen LogP contribution in [0.4, 0.5) is 10.3 Å². The highest BCUT2D eigenvalue weighted by Gasteiger charge is 2.09. The van der Waals surface area contributed by atoms with Crippen LogP contribution in [0, 0.1) is 5.82 Å². The van der Waals surface area contributed by atoms with E-state index in [1.807, 2.05) is 30.3 Å². The average Bonchev–Trinajstić information content (AvgIpc) is 3.28. The van der Waals surface area contributed by atoms with Gasteiger partial charge in [0, 0.05) is 15.6 Å². The molecule has 0 unspecified atom stereocenters. The molecule has 0 aliphatic heterocycles. The van der Waals surface area contributed by atoms with Crippen molar-refractivity contribution in [3.05, 3.63) is 82.9 Å². The van der Waals surface area contributed by atoms with Crippen molar-refractivity contribution in [2.75, 3.05) is 5.73 Å². The fourth-order valence-electron chi connectivity index (χ4n) is 2.61. The third kappa shape index (κ3) is 3.68. The van der Waals surface area contributed by atoms with E-state index in [1.165, 1.54) is 12.1 Å². The number of aromatic nitrogens is 2. The maximum Gasteiger partial charge on any atom is 0.221 e. The summed E-state index contributed by atoms with van der Waals surface area (Å²) >= 11 is 3.42. The molecule has 0 aliphatic rings. The highest BCUT2D eigenvalue weighted by molar-refractivity contribution is 9.10. The number of halogens is 2. The molecule has 5 nitrogen and oxygen atoms in total. The van der Waals surface area contributed by atoms with Gasteiger partial charge in [0.25, 0.3) is 0 Å². The Bertz CT molecular complexity index is 1100. The first-order valence-electron chi connectivity index (χ1n) is 8.09. The molecule has 0 radical (unpaired) electrons. The minimum atomic E-state index is -0.289. The van der Waals surface area contributed by atoms with Crippen LogP contribution in [-0.2, 0) is 0 Å². The van der Waals surface area contributed by atoms with Crippen LogP contribution in [0.25, 0.3) is 22.6 Å². The van der Waals surface area contributed by atoms with Crippen molar-refractivity contribution in [2.24, 2.45) is 5.10 Å². The second-order valence-electron chi connectivity index (χ2n) is 5.77. The zero-order valence-electron chi connectivity index (χ0n) is 14.0. The summed E-state index contributed by atoms with van der Waals surface area (Å²) in [6.07, 6.45) is 3.23. The molecular formula is C20H14BrFN4O. The Morgan fingerprint density at radius 2 is 1.70 bits per heavy atom. The van der Waals surface area contributed by atoms with Gasteiger partial charge in [-0.3, -0.25) is 0 Å². The molecule has 2 heterocycles. The highest BCUT2D eigenvalue weighted by Crippen LogP contribution is 2.25. The zero-order chi connectivity index (χ0) is 18.8. The van der Waals surface area contributed by atoms with Gasteiger partial charge >= 0.3 is 0 Å². The summed E-state index contributed by atoms with van der Waals surface area (Å²) in [5.41, 5.74) is 8.43. The van der Waals surface area contributed by atoms with Crippen molar-refractivity contribution in [1.29, 1.82) is 0 Å². The molecule has 134 valence electrons. The molecule has 0 bridgehead atoms. The molecular weight excluding hydrogens is 411 g/mol. The van der Waals surface area contributed by atoms with Crippen LogP contribution in [-0.4, -0.2) is 15.9 Å². The molecule has 4 aromatic rings. The van der Waals surface area contributed by atoms with Crippen LogP contribution >= 0.6 is 15.9 Å². The number of imidazole rings is 1. The van der Waals surface area contributed by atoms with E-state index in [0.717, 1.165) is 21.3 Å². The Hall–Kier alpha value is -3.19. The van der Waals surface area contributed by atoms with Gasteiger partial charge in [-0.05, 0) is 48.5 Å². The first-order valence-corrected chi connectivity index (χ1v) is 8.89. The topological polar surface area (TPSA) is 69.3 Å². The summed E-state index contributed by atoms with van der Waals surface area (Å²) in [7, 11) is 0. The van der Waals surface area contributed by atoms with Crippen LogP contribution < -0.4 is 5.73 Å². The number of furan rings is 1. The van der Waals surface area contributed by atoms with E-state index in [0.29, 0.717) is 11.5 Å². The maximum absolute atomic E-state index is 13.0. The average molecular weight is 425 g/mol. The highest BCUT2D eigenvalue weighted by atomic mass is 79.9. The summed E-state index contributed by atoms with van der Waals surface area (Å²) in [6.45, 7) is 0. The number of benzene rings is 2. The summed E-state index contributed by atoms with van der Waals surface area (Å²) in [5.74, 6) is 1.16. The largest absolute Gasteiger partial charge is 0.455 e. The van der Waals surface area contributed by atoms with Crippen LogP contribution in [0.3, 0.4) is 0 Å². The van der Waals surface area contributed by atoms with Crippen LogP contribution in [0.1, 0.15) is 5.76 Å². The number of nitrogen functional groups attached to an aromatic ring is 1. The molecule has 0 amide bonds. The number of anilines is 1. The van der Waals surface area contributed by atoms with Crippen LogP contribution in [0.5, 0.6) is 0 Å². The Labute approximate surface area is 163 Å². The van der Waals surface area contributed by atoms with Gasteiger partial charge in [-0.15, -0.1) is 0 Å². The van der Waals surface area contributed by atoms with Crippen LogP contribution in [0.15, 0.2) is 80.9 Å². The maximum atomic E-state index is 13.0. The minimum Gasteiger partial charge on any atom is -0.455 e. The van der Waals surface area contributed by atoms with Crippen molar-refractivity contribution in [2.45, 2.75) is 0 Å². The van der Waals surface area contributed by atoms with Crippen molar-refractivity contribution >= 4 is 28.1 Å². The molecule has 0 saturated heterocycles. The standard InChI is InChI=1S/C20H14BrFN4O/c21-15-5-1-13(2-6-15)18-12-24-20(23)26(18)25-11-17-9-10-19(27-17)14-3-7-16(22)8-4-14/h1-12H,(H2,23,24). The number of nitrogens with zero attached hydrogens (tertiary/aromatic N) is 3. The lowest BCUT2D eigenvalue weighted by atomic mass is 10.2. The molecule has 0 atom stereocenters. The molecule has 4 rings (SSSR count). The number of rotatable bonds is 4. The van der Waals surface area contributed by atoms with E-state index >= 15 is 0 Å². The quantitative estimate of drug-likeness (QED) is 0.459. The van der Waals surface area contributed by atoms with Crippen molar-refractivity contribution < 1.29 is 8.81 Å². The Morgan fingerprint density at radius 1 is 1.00 bits per heavy atom.